The highest BCUT2D eigenvalue weighted by Gasteiger charge is 2.33. The zero-order valence-corrected chi connectivity index (χ0v) is 16.1. The minimum absolute atomic E-state index is 0.0524. The lowest BCUT2D eigenvalue weighted by molar-refractivity contribution is 0.0669. The molecule has 0 saturated heterocycles. The van der Waals surface area contributed by atoms with Crippen molar-refractivity contribution in [1.82, 2.24) is 14.5 Å². The normalized spacial score (nSPS) is 16.3. The molecular weight excluding hydrogens is 374 g/mol. The number of aromatic nitrogens is 2. The van der Waals surface area contributed by atoms with E-state index < -0.39 is 0 Å². The molecule has 0 fully saturated rings. The van der Waals surface area contributed by atoms with E-state index in [-0.39, 0.29) is 11.9 Å². The van der Waals surface area contributed by atoms with Crippen molar-refractivity contribution < 1.29 is 4.79 Å². The second-order valence-electron chi connectivity index (χ2n) is 6.45. The highest BCUT2D eigenvalue weighted by atomic mass is 32.1. The molecule has 6 heteroatoms. The van der Waals surface area contributed by atoms with E-state index in [1.54, 1.807) is 17.5 Å². The first kappa shape index (κ1) is 16.5. The van der Waals surface area contributed by atoms with Crippen molar-refractivity contribution in [3.63, 3.8) is 0 Å². The molecule has 0 aliphatic carbocycles. The smallest absolute Gasteiger partial charge is 0.266 e. The van der Waals surface area contributed by atoms with E-state index in [9.17, 15) is 4.79 Å². The molecule has 27 heavy (non-hydrogen) atoms. The number of rotatable bonds is 3. The predicted molar refractivity (Wildman–Crippen MR) is 109 cm³/mol. The molecule has 1 atom stereocenters. The number of carbonyl (C=O) groups is 1. The molecule has 5 rings (SSSR count). The van der Waals surface area contributed by atoms with Crippen LogP contribution >= 0.6 is 22.7 Å². The number of amides is 1. The first-order valence-electron chi connectivity index (χ1n) is 8.82. The van der Waals surface area contributed by atoms with Gasteiger partial charge in [-0.2, -0.15) is 0 Å². The summed E-state index contributed by atoms with van der Waals surface area (Å²) in [5.41, 5.74) is 2.29. The van der Waals surface area contributed by atoms with Crippen molar-refractivity contribution >= 4 is 28.6 Å². The number of hydrogen-bond donors (Lipinski definition) is 0. The topological polar surface area (TPSA) is 38.1 Å². The summed E-state index contributed by atoms with van der Waals surface area (Å²) >= 11 is 3.12. The van der Waals surface area contributed by atoms with Gasteiger partial charge >= 0.3 is 0 Å². The van der Waals surface area contributed by atoms with Crippen LogP contribution in [0.2, 0.25) is 0 Å². The van der Waals surface area contributed by atoms with Gasteiger partial charge in [0.25, 0.3) is 5.91 Å². The maximum Gasteiger partial charge on any atom is 0.266 e. The van der Waals surface area contributed by atoms with Gasteiger partial charge in [-0.3, -0.25) is 4.79 Å². The Labute approximate surface area is 165 Å². The Hall–Kier alpha value is -2.70. The van der Waals surface area contributed by atoms with Crippen molar-refractivity contribution in [3.8, 4) is 9.88 Å². The zero-order valence-electron chi connectivity index (χ0n) is 14.5. The molecule has 1 aliphatic heterocycles. The van der Waals surface area contributed by atoms with Crippen LogP contribution in [0.3, 0.4) is 0 Å². The molecular formula is C21H17N3OS2. The molecule has 134 valence electrons. The van der Waals surface area contributed by atoms with Crippen molar-refractivity contribution in [3.05, 3.63) is 88.5 Å². The van der Waals surface area contributed by atoms with E-state index in [0.29, 0.717) is 11.4 Å². The third-order valence-electron chi connectivity index (χ3n) is 4.86. The van der Waals surface area contributed by atoms with Crippen LogP contribution in [0.15, 0.2) is 72.4 Å². The van der Waals surface area contributed by atoms with Gasteiger partial charge in [-0.25, -0.2) is 4.98 Å². The number of hydrogen-bond acceptors (Lipinski definition) is 4. The Morgan fingerprint density at radius 2 is 1.93 bits per heavy atom. The van der Waals surface area contributed by atoms with Gasteiger partial charge in [-0.15, -0.1) is 22.7 Å². The van der Waals surface area contributed by atoms with E-state index in [0.717, 1.165) is 27.7 Å². The van der Waals surface area contributed by atoms with Crippen LogP contribution in [0, 0.1) is 0 Å². The fraction of sp³-hybridized carbons (Fsp3) is 0.143. The van der Waals surface area contributed by atoms with Gasteiger partial charge in [0, 0.05) is 25.0 Å². The van der Waals surface area contributed by atoms with Crippen LogP contribution in [0.4, 0.5) is 0 Å². The number of thiazole rings is 1. The standard InChI is InChI=1S/C21H17N3OS2/c25-21(18-14-22-20(27-18)17-9-5-13-26-17)24-12-11-23-10-4-8-16(23)19(24)15-6-2-1-3-7-15/h1-10,13-14,19H,11-12H2. The number of fused-ring (bicyclic) bond motifs is 1. The Morgan fingerprint density at radius 1 is 1.04 bits per heavy atom. The molecule has 1 aliphatic rings. The van der Waals surface area contributed by atoms with Gasteiger partial charge < -0.3 is 9.47 Å². The van der Waals surface area contributed by atoms with Crippen molar-refractivity contribution in [2.75, 3.05) is 6.54 Å². The van der Waals surface area contributed by atoms with Gasteiger partial charge in [-0.05, 0) is 29.1 Å². The van der Waals surface area contributed by atoms with Crippen molar-refractivity contribution in [2.45, 2.75) is 12.6 Å². The van der Waals surface area contributed by atoms with Crippen LogP contribution in [0.5, 0.6) is 0 Å². The number of carbonyl (C=O) groups excluding carboxylic acids is 1. The second-order valence-corrected chi connectivity index (χ2v) is 8.42. The summed E-state index contributed by atoms with van der Waals surface area (Å²) in [5.74, 6) is 0.0524. The predicted octanol–water partition coefficient (Wildman–Crippen LogP) is 4.92. The maximum absolute atomic E-state index is 13.4. The van der Waals surface area contributed by atoms with Gasteiger partial charge in [0.15, 0.2) is 0 Å². The number of thiophene rings is 1. The molecule has 4 aromatic rings. The summed E-state index contributed by atoms with van der Waals surface area (Å²) in [5, 5.41) is 2.94. The lowest BCUT2D eigenvalue weighted by Crippen LogP contribution is -2.42. The van der Waals surface area contributed by atoms with Crippen LogP contribution in [0.25, 0.3) is 9.88 Å². The molecule has 0 bridgehead atoms. The zero-order chi connectivity index (χ0) is 18.2. The second kappa shape index (κ2) is 6.79. The average Bonchev–Trinajstić information content (AvgIpc) is 3.48. The third kappa shape index (κ3) is 2.91. The third-order valence-corrected chi connectivity index (χ3v) is 6.89. The van der Waals surface area contributed by atoms with Gasteiger partial charge in [0.2, 0.25) is 0 Å². The van der Waals surface area contributed by atoms with Crippen LogP contribution in [-0.4, -0.2) is 26.9 Å². The quantitative estimate of drug-likeness (QED) is 0.497. The molecule has 0 saturated carbocycles. The highest BCUT2D eigenvalue weighted by Crippen LogP contribution is 2.35. The number of benzene rings is 1. The fourth-order valence-electron chi connectivity index (χ4n) is 3.62. The molecule has 4 nitrogen and oxygen atoms in total. The molecule has 1 amide bonds. The van der Waals surface area contributed by atoms with Crippen LogP contribution in [-0.2, 0) is 6.54 Å². The Morgan fingerprint density at radius 3 is 2.74 bits per heavy atom. The monoisotopic (exact) mass is 391 g/mol. The molecule has 1 unspecified atom stereocenters. The summed E-state index contributed by atoms with van der Waals surface area (Å²) in [6, 6.07) is 18.4. The largest absolute Gasteiger partial charge is 0.348 e. The van der Waals surface area contributed by atoms with Gasteiger partial charge in [0.05, 0.1) is 17.1 Å². The molecule has 3 aromatic heterocycles. The van der Waals surface area contributed by atoms with Crippen molar-refractivity contribution in [1.29, 1.82) is 0 Å². The lowest BCUT2D eigenvalue weighted by Gasteiger charge is -2.37. The SMILES string of the molecule is O=C(c1cnc(-c2cccs2)s1)N1CCn2cccc2C1c1ccccc1. The summed E-state index contributed by atoms with van der Waals surface area (Å²) in [4.78, 5) is 21.7. The van der Waals surface area contributed by atoms with Crippen LogP contribution in [0.1, 0.15) is 27.0 Å². The number of nitrogens with zero attached hydrogens (tertiary/aromatic N) is 3. The molecule has 4 heterocycles. The van der Waals surface area contributed by atoms with E-state index in [1.807, 2.05) is 40.6 Å². The Bertz CT molecular complexity index is 1070. The van der Waals surface area contributed by atoms with E-state index in [1.165, 1.54) is 11.3 Å². The highest BCUT2D eigenvalue weighted by molar-refractivity contribution is 7.21. The average molecular weight is 392 g/mol. The molecule has 0 N–H and O–H groups in total. The van der Waals surface area contributed by atoms with Gasteiger partial charge in [0.1, 0.15) is 9.88 Å². The first-order valence-corrected chi connectivity index (χ1v) is 10.5. The fourth-order valence-corrected chi connectivity index (χ4v) is 5.29. The van der Waals surface area contributed by atoms with E-state index in [4.69, 9.17) is 0 Å². The minimum Gasteiger partial charge on any atom is -0.348 e. The molecule has 0 radical (unpaired) electrons. The first-order chi connectivity index (χ1) is 13.3. The summed E-state index contributed by atoms with van der Waals surface area (Å²) in [6.07, 6.45) is 3.81. The van der Waals surface area contributed by atoms with E-state index in [2.05, 4.69) is 40.0 Å². The molecule has 1 aromatic carbocycles. The van der Waals surface area contributed by atoms with Crippen LogP contribution < -0.4 is 0 Å². The summed E-state index contributed by atoms with van der Waals surface area (Å²) < 4.78 is 2.24. The summed E-state index contributed by atoms with van der Waals surface area (Å²) in [6.45, 7) is 1.50. The minimum atomic E-state index is -0.0743. The maximum atomic E-state index is 13.4. The molecule has 0 spiro atoms. The lowest BCUT2D eigenvalue weighted by atomic mass is 10.00. The van der Waals surface area contributed by atoms with Gasteiger partial charge in [-0.1, -0.05) is 36.4 Å². The van der Waals surface area contributed by atoms with E-state index >= 15 is 0 Å². The Balaban J connectivity index is 1.52. The Kier molecular flexibility index (Phi) is 4.14. The van der Waals surface area contributed by atoms with Crippen molar-refractivity contribution in [2.24, 2.45) is 0 Å². The summed E-state index contributed by atoms with van der Waals surface area (Å²) in [7, 11) is 0.